The van der Waals surface area contributed by atoms with Crippen LogP contribution < -0.4 is 10.1 Å². The molecule has 2 rings (SSSR count). The van der Waals surface area contributed by atoms with E-state index in [9.17, 15) is 4.79 Å². The Labute approximate surface area is 120 Å². The molecular weight excluding hydrogens is 308 g/mol. The Morgan fingerprint density at radius 2 is 2.11 bits per heavy atom. The molecule has 2 aromatic rings. The lowest BCUT2D eigenvalue weighted by Gasteiger charge is -2.14. The minimum absolute atomic E-state index is 0.0534. The van der Waals surface area contributed by atoms with Crippen molar-refractivity contribution in [3.8, 4) is 5.75 Å². The molecule has 0 radical (unpaired) electrons. The van der Waals surface area contributed by atoms with Crippen LogP contribution in [0.5, 0.6) is 5.75 Å². The summed E-state index contributed by atoms with van der Waals surface area (Å²) in [4.78, 5) is 14.9. The summed E-state index contributed by atoms with van der Waals surface area (Å²) in [6, 6.07) is 9.10. The molecule has 1 aromatic carbocycles. The van der Waals surface area contributed by atoms with Gasteiger partial charge in [-0.3, -0.25) is 4.79 Å². The van der Waals surface area contributed by atoms with E-state index in [2.05, 4.69) is 26.2 Å². The number of aromatic nitrogens is 1. The summed E-state index contributed by atoms with van der Waals surface area (Å²) in [5, 5.41) is 2.83. The van der Waals surface area contributed by atoms with Gasteiger partial charge in [-0.25, -0.2) is 0 Å². The first-order valence-corrected chi connectivity index (χ1v) is 6.76. The van der Waals surface area contributed by atoms with Crippen LogP contribution in [0.4, 0.5) is 5.69 Å². The van der Waals surface area contributed by atoms with Gasteiger partial charge in [-0.2, -0.15) is 0 Å². The van der Waals surface area contributed by atoms with E-state index in [0.29, 0.717) is 17.1 Å². The van der Waals surface area contributed by atoms with Crippen LogP contribution in [0.2, 0.25) is 0 Å². The van der Waals surface area contributed by atoms with E-state index in [1.165, 1.54) is 0 Å². The summed E-state index contributed by atoms with van der Waals surface area (Å²) in [7, 11) is 0. The number of rotatable bonds is 4. The van der Waals surface area contributed by atoms with Crippen molar-refractivity contribution in [1.29, 1.82) is 0 Å². The van der Waals surface area contributed by atoms with E-state index in [0.717, 1.165) is 4.47 Å². The van der Waals surface area contributed by atoms with Crippen molar-refractivity contribution in [3.63, 3.8) is 0 Å². The van der Waals surface area contributed by atoms with Gasteiger partial charge in [0.1, 0.15) is 11.4 Å². The number of carbonyl (C=O) groups excluding carboxylic acids is 1. The van der Waals surface area contributed by atoms with Crippen molar-refractivity contribution in [3.05, 3.63) is 46.7 Å². The molecule has 0 aliphatic rings. The lowest BCUT2D eigenvalue weighted by Crippen LogP contribution is -2.14. The molecule has 0 saturated heterocycles. The Kier molecular flexibility index (Phi) is 4.27. The van der Waals surface area contributed by atoms with Crippen molar-refractivity contribution >= 4 is 27.5 Å². The lowest BCUT2D eigenvalue weighted by atomic mass is 10.2. The number of aromatic amines is 1. The predicted octanol–water partition coefficient (Wildman–Crippen LogP) is 3.82. The van der Waals surface area contributed by atoms with Crippen molar-refractivity contribution in [2.24, 2.45) is 0 Å². The van der Waals surface area contributed by atoms with Crippen molar-refractivity contribution < 1.29 is 9.53 Å². The largest absolute Gasteiger partial charge is 0.489 e. The molecular formula is C14H15BrN2O2. The van der Waals surface area contributed by atoms with Crippen molar-refractivity contribution in [2.75, 3.05) is 5.32 Å². The van der Waals surface area contributed by atoms with E-state index in [1.54, 1.807) is 12.3 Å². The molecule has 2 N–H and O–H groups in total. The third-order valence-electron chi connectivity index (χ3n) is 2.39. The van der Waals surface area contributed by atoms with Crippen LogP contribution in [-0.2, 0) is 0 Å². The maximum atomic E-state index is 12.0. The molecule has 19 heavy (non-hydrogen) atoms. The van der Waals surface area contributed by atoms with E-state index in [-0.39, 0.29) is 12.0 Å². The molecule has 0 saturated carbocycles. The van der Waals surface area contributed by atoms with Crippen LogP contribution in [0.15, 0.2) is 41.0 Å². The summed E-state index contributed by atoms with van der Waals surface area (Å²) in [6.45, 7) is 3.89. The molecule has 0 unspecified atom stereocenters. The molecule has 100 valence electrons. The fraction of sp³-hybridized carbons (Fsp3) is 0.214. The van der Waals surface area contributed by atoms with Gasteiger partial charge in [0.05, 0.1) is 11.8 Å². The lowest BCUT2D eigenvalue weighted by molar-refractivity contribution is 0.102. The number of amides is 1. The van der Waals surface area contributed by atoms with Gasteiger partial charge in [0.15, 0.2) is 0 Å². The topological polar surface area (TPSA) is 54.1 Å². The number of H-pyrrole nitrogens is 1. The Balaban J connectivity index is 2.16. The molecule has 1 heterocycles. The first-order chi connectivity index (χ1) is 9.06. The number of carbonyl (C=O) groups is 1. The highest BCUT2D eigenvalue weighted by Crippen LogP contribution is 2.25. The molecule has 4 nitrogen and oxygen atoms in total. The smallest absolute Gasteiger partial charge is 0.272 e. The Morgan fingerprint density at radius 3 is 2.74 bits per heavy atom. The van der Waals surface area contributed by atoms with Crippen molar-refractivity contribution in [1.82, 2.24) is 4.98 Å². The van der Waals surface area contributed by atoms with Crippen LogP contribution in [0, 0.1) is 0 Å². The number of ether oxygens (including phenoxy) is 1. The SMILES string of the molecule is CC(C)Oc1ccccc1NC(=O)c1cc(Br)c[nH]1. The van der Waals surface area contributed by atoms with Gasteiger partial charge in [0.2, 0.25) is 0 Å². The number of halogens is 1. The predicted molar refractivity (Wildman–Crippen MR) is 78.7 cm³/mol. The second-order valence-electron chi connectivity index (χ2n) is 4.35. The monoisotopic (exact) mass is 322 g/mol. The van der Waals surface area contributed by atoms with Gasteiger partial charge in [0, 0.05) is 10.7 Å². The number of hydrogen-bond acceptors (Lipinski definition) is 2. The molecule has 0 aliphatic carbocycles. The second kappa shape index (κ2) is 5.93. The first-order valence-electron chi connectivity index (χ1n) is 5.97. The highest BCUT2D eigenvalue weighted by Gasteiger charge is 2.11. The average Bonchev–Trinajstić information content (AvgIpc) is 2.78. The standard InChI is InChI=1S/C14H15BrN2O2/c1-9(2)19-13-6-4-3-5-11(13)17-14(18)12-7-10(15)8-16-12/h3-9,16H,1-2H3,(H,17,18). The average molecular weight is 323 g/mol. The van der Waals surface area contributed by atoms with Crippen LogP contribution in [-0.4, -0.2) is 17.0 Å². The Hall–Kier alpha value is -1.75. The zero-order valence-corrected chi connectivity index (χ0v) is 12.3. The van der Waals surface area contributed by atoms with Gasteiger partial charge in [-0.05, 0) is 48.0 Å². The number of anilines is 1. The maximum Gasteiger partial charge on any atom is 0.272 e. The third kappa shape index (κ3) is 3.61. The number of benzene rings is 1. The normalized spacial score (nSPS) is 10.5. The molecule has 0 fully saturated rings. The van der Waals surface area contributed by atoms with Crippen LogP contribution in [0.3, 0.4) is 0 Å². The van der Waals surface area contributed by atoms with E-state index in [1.807, 2.05) is 38.1 Å². The molecule has 5 heteroatoms. The fourth-order valence-corrected chi connectivity index (χ4v) is 1.96. The number of hydrogen-bond donors (Lipinski definition) is 2. The van der Waals surface area contributed by atoms with Gasteiger partial charge in [-0.15, -0.1) is 0 Å². The molecule has 1 amide bonds. The molecule has 0 aliphatic heterocycles. The van der Waals surface area contributed by atoms with E-state index < -0.39 is 0 Å². The quantitative estimate of drug-likeness (QED) is 0.899. The highest BCUT2D eigenvalue weighted by molar-refractivity contribution is 9.10. The minimum Gasteiger partial charge on any atom is -0.489 e. The van der Waals surface area contributed by atoms with Gasteiger partial charge in [0.25, 0.3) is 5.91 Å². The molecule has 0 spiro atoms. The summed E-state index contributed by atoms with van der Waals surface area (Å²) in [5.41, 5.74) is 1.15. The van der Waals surface area contributed by atoms with Crippen LogP contribution in [0.25, 0.3) is 0 Å². The first kappa shape index (κ1) is 13.7. The highest BCUT2D eigenvalue weighted by atomic mass is 79.9. The summed E-state index contributed by atoms with van der Waals surface area (Å²) >= 11 is 3.30. The minimum atomic E-state index is -0.203. The number of nitrogens with one attached hydrogen (secondary N) is 2. The zero-order valence-electron chi connectivity index (χ0n) is 10.7. The third-order valence-corrected chi connectivity index (χ3v) is 2.85. The van der Waals surface area contributed by atoms with E-state index >= 15 is 0 Å². The molecule has 0 bridgehead atoms. The van der Waals surface area contributed by atoms with Crippen LogP contribution >= 0.6 is 15.9 Å². The second-order valence-corrected chi connectivity index (χ2v) is 5.26. The van der Waals surface area contributed by atoms with Crippen LogP contribution in [0.1, 0.15) is 24.3 Å². The summed E-state index contributed by atoms with van der Waals surface area (Å²) in [5.74, 6) is 0.460. The molecule has 1 aromatic heterocycles. The van der Waals surface area contributed by atoms with Gasteiger partial charge in [-0.1, -0.05) is 12.1 Å². The van der Waals surface area contributed by atoms with Gasteiger partial charge >= 0.3 is 0 Å². The molecule has 0 atom stereocenters. The van der Waals surface area contributed by atoms with Crippen molar-refractivity contribution in [2.45, 2.75) is 20.0 Å². The van der Waals surface area contributed by atoms with Gasteiger partial charge < -0.3 is 15.0 Å². The zero-order chi connectivity index (χ0) is 13.8. The summed E-state index contributed by atoms with van der Waals surface area (Å²) in [6.07, 6.45) is 1.77. The Bertz CT molecular complexity index is 578. The van der Waals surface area contributed by atoms with E-state index in [4.69, 9.17) is 4.74 Å². The maximum absolute atomic E-state index is 12.0. The summed E-state index contributed by atoms with van der Waals surface area (Å²) < 4.78 is 6.49. The number of para-hydroxylation sites is 2. The Morgan fingerprint density at radius 1 is 1.37 bits per heavy atom. The fourth-order valence-electron chi connectivity index (χ4n) is 1.62.